The molecule has 0 spiro atoms. The van der Waals surface area contributed by atoms with Crippen LogP contribution in [-0.4, -0.2) is 19.7 Å². The number of hydrogen-bond acceptors (Lipinski definition) is 3. The van der Waals surface area contributed by atoms with Crippen LogP contribution < -0.4 is 0 Å². The second-order valence-corrected chi connectivity index (χ2v) is 3.06. The quantitative estimate of drug-likeness (QED) is 0.698. The Morgan fingerprint density at radius 2 is 2.31 bits per heavy atom. The highest BCUT2D eigenvalue weighted by atomic mass is 32.1. The van der Waals surface area contributed by atoms with Crippen LogP contribution in [0.3, 0.4) is 0 Å². The zero-order valence-corrected chi connectivity index (χ0v) is 7.88. The molecule has 2 heterocycles. The fourth-order valence-electron chi connectivity index (χ4n) is 1.09. The summed E-state index contributed by atoms with van der Waals surface area (Å²) in [6.45, 7) is 1.92. The van der Waals surface area contributed by atoms with E-state index in [9.17, 15) is 0 Å². The molecule has 66 valence electrons. The van der Waals surface area contributed by atoms with E-state index in [0.717, 1.165) is 11.6 Å². The van der Waals surface area contributed by atoms with Crippen LogP contribution in [0, 0.1) is 11.6 Å². The Balaban J connectivity index is 2.53. The molecule has 0 aromatic carbocycles. The molecule has 0 atom stereocenters. The average molecular weight is 192 g/mol. The maximum absolute atomic E-state index is 4.89. The SMILES string of the molecule is Cc1nccn1-c1ccc(=S)[nH]n1. The molecular weight excluding hydrogens is 184 g/mol. The average Bonchev–Trinajstić information content (AvgIpc) is 2.53. The van der Waals surface area contributed by atoms with Crippen molar-refractivity contribution in [1.29, 1.82) is 0 Å². The first-order valence-electron chi connectivity index (χ1n) is 3.83. The predicted octanol–water partition coefficient (Wildman–Crippen LogP) is 1.63. The zero-order valence-electron chi connectivity index (χ0n) is 7.06. The molecule has 0 aliphatic rings. The molecule has 2 aromatic rings. The molecule has 2 aromatic heterocycles. The van der Waals surface area contributed by atoms with Crippen molar-refractivity contribution >= 4 is 12.2 Å². The lowest BCUT2D eigenvalue weighted by atomic mass is 10.5. The molecule has 0 saturated heterocycles. The van der Waals surface area contributed by atoms with E-state index in [1.807, 2.05) is 23.8 Å². The van der Waals surface area contributed by atoms with E-state index in [0.29, 0.717) is 4.64 Å². The van der Waals surface area contributed by atoms with Crippen LogP contribution in [0.5, 0.6) is 0 Å². The molecule has 13 heavy (non-hydrogen) atoms. The first-order chi connectivity index (χ1) is 6.27. The van der Waals surface area contributed by atoms with E-state index in [2.05, 4.69) is 15.2 Å². The van der Waals surface area contributed by atoms with Crippen LogP contribution in [0.4, 0.5) is 0 Å². The van der Waals surface area contributed by atoms with E-state index in [4.69, 9.17) is 12.2 Å². The van der Waals surface area contributed by atoms with Gasteiger partial charge in [0.05, 0.1) is 0 Å². The molecule has 0 aliphatic carbocycles. The van der Waals surface area contributed by atoms with Crippen molar-refractivity contribution < 1.29 is 0 Å². The second-order valence-electron chi connectivity index (χ2n) is 2.62. The zero-order chi connectivity index (χ0) is 9.26. The van der Waals surface area contributed by atoms with Gasteiger partial charge in [-0.1, -0.05) is 12.2 Å². The van der Waals surface area contributed by atoms with Gasteiger partial charge < -0.3 is 0 Å². The summed E-state index contributed by atoms with van der Waals surface area (Å²) in [6, 6.07) is 3.66. The van der Waals surface area contributed by atoms with Crippen molar-refractivity contribution in [2.75, 3.05) is 0 Å². The van der Waals surface area contributed by atoms with E-state index in [-0.39, 0.29) is 0 Å². The van der Waals surface area contributed by atoms with Crippen molar-refractivity contribution in [3.05, 3.63) is 35.0 Å². The van der Waals surface area contributed by atoms with E-state index in [1.165, 1.54) is 0 Å². The predicted molar refractivity (Wildman–Crippen MR) is 51.3 cm³/mol. The van der Waals surface area contributed by atoms with Crippen LogP contribution in [-0.2, 0) is 0 Å². The Hall–Kier alpha value is -1.49. The number of imidazole rings is 1. The smallest absolute Gasteiger partial charge is 0.158 e. The number of rotatable bonds is 1. The summed E-state index contributed by atoms with van der Waals surface area (Å²) in [4.78, 5) is 4.10. The molecule has 4 nitrogen and oxygen atoms in total. The van der Waals surface area contributed by atoms with Gasteiger partial charge in [-0.2, -0.15) is 5.10 Å². The Bertz CT molecular complexity index is 450. The number of aryl methyl sites for hydroxylation is 1. The third-order valence-electron chi connectivity index (χ3n) is 1.74. The second kappa shape index (κ2) is 3.10. The molecule has 0 aliphatic heterocycles. The molecule has 0 saturated carbocycles. The first kappa shape index (κ1) is 8.12. The van der Waals surface area contributed by atoms with Crippen LogP contribution >= 0.6 is 12.2 Å². The molecule has 2 rings (SSSR count). The summed E-state index contributed by atoms with van der Waals surface area (Å²) in [5.74, 6) is 1.70. The van der Waals surface area contributed by atoms with Gasteiger partial charge >= 0.3 is 0 Å². The van der Waals surface area contributed by atoms with Crippen molar-refractivity contribution in [3.63, 3.8) is 0 Å². The van der Waals surface area contributed by atoms with Gasteiger partial charge in [0.25, 0.3) is 0 Å². The van der Waals surface area contributed by atoms with Gasteiger partial charge in [-0.25, -0.2) is 4.98 Å². The van der Waals surface area contributed by atoms with Gasteiger partial charge in [0.1, 0.15) is 10.5 Å². The molecule has 0 radical (unpaired) electrons. The van der Waals surface area contributed by atoms with Gasteiger partial charge in [-0.05, 0) is 19.1 Å². The summed E-state index contributed by atoms with van der Waals surface area (Å²) < 4.78 is 2.51. The lowest BCUT2D eigenvalue weighted by Crippen LogP contribution is -1.99. The van der Waals surface area contributed by atoms with Crippen molar-refractivity contribution in [3.8, 4) is 5.82 Å². The molecule has 0 unspecified atom stereocenters. The normalized spacial score (nSPS) is 10.2. The van der Waals surface area contributed by atoms with Gasteiger partial charge in [0, 0.05) is 12.4 Å². The third kappa shape index (κ3) is 1.50. The number of aromatic amines is 1. The molecule has 0 bridgehead atoms. The minimum Gasteiger partial charge on any atom is -0.287 e. The number of H-pyrrole nitrogens is 1. The summed E-state index contributed by atoms with van der Waals surface area (Å²) >= 11 is 4.89. The minimum atomic E-state index is 0.626. The summed E-state index contributed by atoms with van der Waals surface area (Å²) in [5.41, 5.74) is 0. The topological polar surface area (TPSA) is 46.5 Å². The molecule has 1 N–H and O–H groups in total. The third-order valence-corrected chi connectivity index (χ3v) is 1.96. The van der Waals surface area contributed by atoms with E-state index >= 15 is 0 Å². The molecule has 0 amide bonds. The Morgan fingerprint density at radius 1 is 1.46 bits per heavy atom. The van der Waals surface area contributed by atoms with Crippen molar-refractivity contribution in [2.45, 2.75) is 6.92 Å². The highest BCUT2D eigenvalue weighted by Gasteiger charge is 1.99. The van der Waals surface area contributed by atoms with Gasteiger partial charge in [-0.15, -0.1) is 0 Å². The number of hydrogen-bond donors (Lipinski definition) is 1. The van der Waals surface area contributed by atoms with Crippen molar-refractivity contribution in [1.82, 2.24) is 19.7 Å². The van der Waals surface area contributed by atoms with Crippen molar-refractivity contribution in [2.24, 2.45) is 0 Å². The van der Waals surface area contributed by atoms with Gasteiger partial charge in [-0.3, -0.25) is 9.67 Å². The molecule has 5 heteroatoms. The highest BCUT2D eigenvalue weighted by Crippen LogP contribution is 2.04. The summed E-state index contributed by atoms with van der Waals surface area (Å²) in [7, 11) is 0. The maximum atomic E-state index is 4.89. The largest absolute Gasteiger partial charge is 0.287 e. The van der Waals surface area contributed by atoms with Gasteiger partial charge in [0.15, 0.2) is 5.82 Å². The van der Waals surface area contributed by atoms with E-state index in [1.54, 1.807) is 12.3 Å². The fraction of sp³-hybridized carbons (Fsp3) is 0.125. The maximum Gasteiger partial charge on any atom is 0.158 e. The summed E-state index contributed by atoms with van der Waals surface area (Å²) in [5, 5.41) is 6.81. The van der Waals surface area contributed by atoms with Crippen LogP contribution in [0.25, 0.3) is 5.82 Å². The van der Waals surface area contributed by atoms with E-state index < -0.39 is 0 Å². The fourth-order valence-corrected chi connectivity index (χ4v) is 1.21. The standard InChI is InChI=1S/C8H8N4S/c1-6-9-4-5-12(6)7-2-3-8(13)11-10-7/h2-5H,1H3,(H,11,13). The number of nitrogens with zero attached hydrogens (tertiary/aromatic N) is 3. The van der Waals surface area contributed by atoms with Crippen LogP contribution in [0.15, 0.2) is 24.5 Å². The highest BCUT2D eigenvalue weighted by molar-refractivity contribution is 7.71. The number of aromatic nitrogens is 4. The minimum absolute atomic E-state index is 0.626. The first-order valence-corrected chi connectivity index (χ1v) is 4.24. The lowest BCUT2D eigenvalue weighted by Gasteiger charge is -2.01. The Kier molecular flexibility index (Phi) is 1.94. The Morgan fingerprint density at radius 3 is 2.85 bits per heavy atom. The molecular formula is C8H8N4S. The molecule has 0 fully saturated rings. The van der Waals surface area contributed by atoms with Gasteiger partial charge in [0.2, 0.25) is 0 Å². The Labute approximate surface area is 80.3 Å². The lowest BCUT2D eigenvalue weighted by molar-refractivity contribution is 0.875. The van der Waals surface area contributed by atoms with Crippen LogP contribution in [0.2, 0.25) is 0 Å². The number of nitrogens with one attached hydrogen (secondary N) is 1. The monoisotopic (exact) mass is 192 g/mol. The summed E-state index contributed by atoms with van der Waals surface area (Å²) in [6.07, 6.45) is 3.59. The van der Waals surface area contributed by atoms with Crippen LogP contribution in [0.1, 0.15) is 5.82 Å².